The van der Waals surface area contributed by atoms with Crippen LogP contribution in [0.15, 0.2) is 0 Å². The summed E-state index contributed by atoms with van der Waals surface area (Å²) in [7, 11) is 1.22. The van der Waals surface area contributed by atoms with Gasteiger partial charge in [0.2, 0.25) is 0 Å². The lowest BCUT2D eigenvalue weighted by molar-refractivity contribution is -0.144. The van der Waals surface area contributed by atoms with E-state index in [-0.39, 0.29) is 26.2 Å². The monoisotopic (exact) mass is 191 g/mol. The number of nitrogens with zero attached hydrogens (tertiary/aromatic N) is 1. The lowest BCUT2D eigenvalue weighted by atomic mass is 10.4. The molecular formula is C7H13NO5. The quantitative estimate of drug-likeness (QED) is 0.499. The van der Waals surface area contributed by atoms with E-state index >= 15 is 0 Å². The minimum absolute atomic E-state index is 0.122. The maximum atomic E-state index is 10.7. The Kier molecular flexibility index (Phi) is 5.82. The van der Waals surface area contributed by atoms with Gasteiger partial charge in [-0.3, -0.25) is 14.5 Å². The van der Waals surface area contributed by atoms with Crippen LogP contribution in [-0.4, -0.2) is 60.4 Å². The summed E-state index contributed by atoms with van der Waals surface area (Å²) in [6.07, 6.45) is 0. The predicted molar refractivity (Wildman–Crippen MR) is 43.2 cm³/mol. The Balaban J connectivity index is 3.93. The predicted octanol–water partition coefficient (Wildman–Crippen LogP) is -1.46. The smallest absolute Gasteiger partial charge is 0.319 e. The number of hydrogen-bond acceptors (Lipinski definition) is 5. The molecule has 76 valence electrons. The number of esters is 1. The molecule has 0 radical (unpaired) electrons. The number of aliphatic hydroxyl groups is 1. The van der Waals surface area contributed by atoms with E-state index in [0.717, 1.165) is 0 Å². The van der Waals surface area contributed by atoms with Gasteiger partial charge in [0.25, 0.3) is 0 Å². The lowest BCUT2D eigenvalue weighted by Crippen LogP contribution is -2.36. The maximum Gasteiger partial charge on any atom is 0.319 e. The zero-order valence-electron chi connectivity index (χ0n) is 7.39. The van der Waals surface area contributed by atoms with Gasteiger partial charge in [0.1, 0.15) is 0 Å². The number of carboxylic acids is 1. The molecular weight excluding hydrogens is 178 g/mol. The Morgan fingerprint density at radius 1 is 1.38 bits per heavy atom. The summed E-state index contributed by atoms with van der Waals surface area (Å²) in [5.74, 6) is -1.56. The summed E-state index contributed by atoms with van der Waals surface area (Å²) in [6.45, 7) is -0.454. The van der Waals surface area contributed by atoms with E-state index in [0.29, 0.717) is 0 Å². The fraction of sp³-hybridized carbons (Fsp3) is 0.714. The standard InChI is InChI=1S/C7H13NO5/c1-13-7(12)5-8(2-3-9)4-6(10)11/h9H,2-5H2,1H3,(H,10,11). The van der Waals surface area contributed by atoms with Crippen LogP contribution in [0.3, 0.4) is 0 Å². The molecule has 2 N–H and O–H groups in total. The van der Waals surface area contributed by atoms with Gasteiger partial charge >= 0.3 is 11.9 Å². The first kappa shape index (κ1) is 11.9. The highest BCUT2D eigenvalue weighted by Gasteiger charge is 2.13. The van der Waals surface area contributed by atoms with Crippen molar-refractivity contribution in [2.45, 2.75) is 0 Å². The van der Waals surface area contributed by atoms with E-state index in [4.69, 9.17) is 10.2 Å². The van der Waals surface area contributed by atoms with Gasteiger partial charge in [-0.1, -0.05) is 0 Å². The summed E-state index contributed by atoms with van der Waals surface area (Å²) < 4.78 is 4.35. The van der Waals surface area contributed by atoms with E-state index in [1.165, 1.54) is 12.0 Å². The summed E-state index contributed by atoms with van der Waals surface area (Å²) in [4.78, 5) is 22.3. The summed E-state index contributed by atoms with van der Waals surface area (Å²) in [5.41, 5.74) is 0. The van der Waals surface area contributed by atoms with E-state index in [1.54, 1.807) is 0 Å². The van der Waals surface area contributed by atoms with Gasteiger partial charge in [-0.2, -0.15) is 0 Å². The number of carbonyl (C=O) groups is 2. The summed E-state index contributed by atoms with van der Waals surface area (Å²) in [6, 6.07) is 0. The van der Waals surface area contributed by atoms with Gasteiger partial charge in [-0.25, -0.2) is 0 Å². The molecule has 13 heavy (non-hydrogen) atoms. The number of aliphatic carboxylic acids is 1. The van der Waals surface area contributed by atoms with Crippen LogP contribution in [0.25, 0.3) is 0 Å². The first-order valence-corrected chi connectivity index (χ1v) is 3.72. The van der Waals surface area contributed by atoms with Crippen LogP contribution >= 0.6 is 0 Å². The van der Waals surface area contributed by atoms with Crippen LogP contribution in [0.2, 0.25) is 0 Å². The molecule has 0 bridgehead atoms. The fourth-order valence-corrected chi connectivity index (χ4v) is 0.794. The largest absolute Gasteiger partial charge is 0.480 e. The third-order valence-corrected chi connectivity index (χ3v) is 1.36. The number of aliphatic hydroxyl groups excluding tert-OH is 1. The van der Waals surface area contributed by atoms with E-state index < -0.39 is 11.9 Å². The van der Waals surface area contributed by atoms with Crippen LogP contribution in [0.1, 0.15) is 0 Å². The molecule has 0 atom stereocenters. The first-order chi connectivity index (χ1) is 6.10. The van der Waals surface area contributed by atoms with E-state index in [1.807, 2.05) is 0 Å². The van der Waals surface area contributed by atoms with Gasteiger partial charge in [0, 0.05) is 6.54 Å². The lowest BCUT2D eigenvalue weighted by Gasteiger charge is -2.16. The highest BCUT2D eigenvalue weighted by atomic mass is 16.5. The van der Waals surface area contributed by atoms with E-state index in [2.05, 4.69) is 4.74 Å². The minimum Gasteiger partial charge on any atom is -0.480 e. The number of hydrogen-bond donors (Lipinski definition) is 2. The Morgan fingerprint density at radius 3 is 2.38 bits per heavy atom. The summed E-state index contributed by atoms with van der Waals surface area (Å²) in [5, 5.41) is 17.0. The van der Waals surface area contributed by atoms with Crippen molar-refractivity contribution in [3.8, 4) is 0 Å². The van der Waals surface area contributed by atoms with Gasteiger partial charge < -0.3 is 14.9 Å². The third kappa shape index (κ3) is 6.06. The van der Waals surface area contributed by atoms with Crippen molar-refractivity contribution in [1.29, 1.82) is 0 Å². The van der Waals surface area contributed by atoms with Crippen LogP contribution in [-0.2, 0) is 14.3 Å². The molecule has 0 heterocycles. The molecule has 0 rings (SSSR count). The molecule has 0 aromatic rings. The fourth-order valence-electron chi connectivity index (χ4n) is 0.794. The molecule has 0 aliphatic rings. The number of rotatable bonds is 6. The van der Waals surface area contributed by atoms with Crippen molar-refractivity contribution >= 4 is 11.9 Å². The number of ether oxygens (including phenoxy) is 1. The molecule has 0 saturated heterocycles. The number of methoxy groups -OCH3 is 1. The average molecular weight is 191 g/mol. The number of carboxylic acid groups (broad SMARTS) is 1. The molecule has 6 nitrogen and oxygen atoms in total. The molecule has 0 amide bonds. The van der Waals surface area contributed by atoms with Crippen LogP contribution in [0.4, 0.5) is 0 Å². The van der Waals surface area contributed by atoms with Gasteiger partial charge in [-0.15, -0.1) is 0 Å². The van der Waals surface area contributed by atoms with Crippen LogP contribution in [0.5, 0.6) is 0 Å². The Morgan fingerprint density at radius 2 is 2.00 bits per heavy atom. The van der Waals surface area contributed by atoms with Gasteiger partial charge in [0.15, 0.2) is 0 Å². The molecule has 0 aliphatic carbocycles. The average Bonchev–Trinajstić information content (AvgIpc) is 2.03. The molecule has 0 aliphatic heterocycles. The zero-order valence-corrected chi connectivity index (χ0v) is 7.39. The molecule has 0 spiro atoms. The Bertz CT molecular complexity index is 182. The second-order valence-corrected chi connectivity index (χ2v) is 2.40. The topological polar surface area (TPSA) is 87.1 Å². The molecule has 0 unspecified atom stereocenters. The molecule has 0 fully saturated rings. The summed E-state index contributed by atoms with van der Waals surface area (Å²) >= 11 is 0. The molecule has 0 aromatic carbocycles. The van der Waals surface area contributed by atoms with E-state index in [9.17, 15) is 9.59 Å². The first-order valence-electron chi connectivity index (χ1n) is 3.72. The normalized spacial score (nSPS) is 10.1. The van der Waals surface area contributed by atoms with Gasteiger partial charge in [-0.05, 0) is 0 Å². The van der Waals surface area contributed by atoms with Crippen molar-refractivity contribution < 1.29 is 24.5 Å². The van der Waals surface area contributed by atoms with Crippen molar-refractivity contribution in [3.63, 3.8) is 0 Å². The van der Waals surface area contributed by atoms with Crippen molar-refractivity contribution in [2.24, 2.45) is 0 Å². The minimum atomic E-state index is -1.04. The maximum absolute atomic E-state index is 10.7. The highest BCUT2D eigenvalue weighted by Crippen LogP contribution is 1.88. The third-order valence-electron chi connectivity index (χ3n) is 1.36. The molecule has 6 heteroatoms. The molecule has 0 saturated carbocycles. The Hall–Kier alpha value is -1.14. The SMILES string of the molecule is COC(=O)CN(CCO)CC(=O)O. The van der Waals surface area contributed by atoms with Crippen molar-refractivity contribution in [3.05, 3.63) is 0 Å². The van der Waals surface area contributed by atoms with Gasteiger partial charge in [0.05, 0.1) is 26.8 Å². The van der Waals surface area contributed by atoms with Crippen molar-refractivity contribution in [1.82, 2.24) is 4.90 Å². The van der Waals surface area contributed by atoms with Crippen LogP contribution in [0, 0.1) is 0 Å². The molecule has 0 aromatic heterocycles. The zero-order chi connectivity index (χ0) is 10.3. The number of carbonyl (C=O) groups excluding carboxylic acids is 1. The van der Waals surface area contributed by atoms with Crippen LogP contribution < -0.4 is 0 Å². The van der Waals surface area contributed by atoms with Crippen molar-refractivity contribution in [2.75, 3.05) is 33.4 Å². The highest BCUT2D eigenvalue weighted by molar-refractivity contribution is 5.73. The Labute approximate surface area is 75.7 Å². The second kappa shape index (κ2) is 6.38. The second-order valence-electron chi connectivity index (χ2n) is 2.40.